The first-order valence-electron chi connectivity index (χ1n) is 6.31. The average molecular weight is 433 g/mol. The Labute approximate surface area is 141 Å². The molecule has 2 atom stereocenters. The van der Waals surface area contributed by atoms with Crippen molar-refractivity contribution in [1.29, 1.82) is 0 Å². The molecule has 10 heteroatoms. The molecule has 0 radical (unpaired) electrons. The molecular weight excluding hydrogens is 422 g/mol. The van der Waals surface area contributed by atoms with Crippen molar-refractivity contribution >= 4 is 49.8 Å². The minimum Gasteiger partial charge on any atom is -0.465 e. The molecule has 22 heavy (non-hydrogen) atoms. The number of nitrogens with zero attached hydrogens (tertiary/aromatic N) is 2. The summed E-state index contributed by atoms with van der Waals surface area (Å²) >= 11 is 6.62. The van der Waals surface area contributed by atoms with Crippen molar-refractivity contribution in [2.24, 2.45) is 4.99 Å². The number of carboxylic acid groups (broad SMARTS) is 1. The van der Waals surface area contributed by atoms with E-state index >= 15 is 0 Å². The zero-order chi connectivity index (χ0) is 15.9. The summed E-state index contributed by atoms with van der Waals surface area (Å²) in [7, 11) is 0. The van der Waals surface area contributed by atoms with Crippen LogP contribution in [0, 0.1) is 0 Å². The molecular formula is C12H11Br2N5O3. The summed E-state index contributed by atoms with van der Waals surface area (Å²) in [5, 5.41) is 13.8. The van der Waals surface area contributed by atoms with Crippen LogP contribution >= 0.6 is 31.9 Å². The molecule has 0 fully saturated rings. The van der Waals surface area contributed by atoms with Crippen LogP contribution in [0.3, 0.4) is 0 Å². The summed E-state index contributed by atoms with van der Waals surface area (Å²) in [6.45, 7) is 0.403. The molecule has 0 saturated heterocycles. The average Bonchev–Trinajstić information content (AvgIpc) is 3.00. The van der Waals surface area contributed by atoms with Gasteiger partial charge in [0.05, 0.1) is 15.1 Å². The van der Waals surface area contributed by atoms with Crippen molar-refractivity contribution in [2.45, 2.75) is 12.2 Å². The number of rotatable bonds is 1. The van der Waals surface area contributed by atoms with Crippen LogP contribution in [-0.4, -0.2) is 51.7 Å². The fourth-order valence-electron chi connectivity index (χ4n) is 2.37. The quantitative estimate of drug-likeness (QED) is 0.503. The lowest BCUT2D eigenvalue weighted by Crippen LogP contribution is -2.50. The highest BCUT2D eigenvalue weighted by atomic mass is 79.9. The Morgan fingerprint density at radius 3 is 2.86 bits per heavy atom. The number of fused-ring (bicyclic) bond motifs is 1. The fourth-order valence-corrected chi connectivity index (χ4v) is 3.03. The fraction of sp³-hybridized carbons (Fsp3) is 0.250. The molecule has 0 bridgehead atoms. The van der Waals surface area contributed by atoms with Crippen LogP contribution in [0.5, 0.6) is 0 Å². The Morgan fingerprint density at radius 2 is 2.23 bits per heavy atom. The number of carbonyl (C=O) groups excluding carboxylic acids is 1. The predicted molar refractivity (Wildman–Crippen MR) is 85.7 cm³/mol. The third kappa shape index (κ3) is 2.75. The van der Waals surface area contributed by atoms with Gasteiger partial charge in [-0.2, -0.15) is 0 Å². The van der Waals surface area contributed by atoms with Crippen molar-refractivity contribution in [3.05, 3.63) is 33.0 Å². The van der Waals surface area contributed by atoms with E-state index in [0.29, 0.717) is 16.8 Å². The second-order valence-corrected chi connectivity index (χ2v) is 6.37. The van der Waals surface area contributed by atoms with E-state index in [1.807, 2.05) is 12.2 Å². The van der Waals surface area contributed by atoms with E-state index in [0.717, 1.165) is 4.47 Å². The Morgan fingerprint density at radius 1 is 1.45 bits per heavy atom. The number of aromatic nitrogens is 1. The molecule has 1 aromatic heterocycles. The van der Waals surface area contributed by atoms with Crippen LogP contribution in [0.25, 0.3) is 0 Å². The SMILES string of the molecule is O=C(O)NC1=NC2C(C=CCN2C(=O)c2cc(Br)c(Br)[nH]2)N1. The van der Waals surface area contributed by atoms with Gasteiger partial charge in [-0.15, -0.1) is 0 Å². The van der Waals surface area contributed by atoms with E-state index < -0.39 is 12.3 Å². The van der Waals surface area contributed by atoms with Crippen LogP contribution in [0.1, 0.15) is 10.5 Å². The molecule has 1 aromatic rings. The molecule has 116 valence electrons. The summed E-state index contributed by atoms with van der Waals surface area (Å²) in [6, 6.07) is 1.43. The summed E-state index contributed by atoms with van der Waals surface area (Å²) in [4.78, 5) is 32.1. The highest BCUT2D eigenvalue weighted by Crippen LogP contribution is 2.26. The largest absolute Gasteiger partial charge is 0.465 e. The monoisotopic (exact) mass is 431 g/mol. The lowest BCUT2D eigenvalue weighted by Gasteiger charge is -2.31. The Bertz CT molecular complexity index is 679. The van der Waals surface area contributed by atoms with Crippen molar-refractivity contribution in [1.82, 2.24) is 20.5 Å². The Hall–Kier alpha value is -1.81. The Balaban J connectivity index is 1.84. The molecule has 8 nitrogen and oxygen atoms in total. The van der Waals surface area contributed by atoms with Gasteiger partial charge in [-0.25, -0.2) is 9.79 Å². The first-order valence-corrected chi connectivity index (χ1v) is 7.90. The first kappa shape index (κ1) is 15.1. The van der Waals surface area contributed by atoms with Crippen molar-refractivity contribution in [3.8, 4) is 0 Å². The van der Waals surface area contributed by atoms with Gasteiger partial charge in [-0.3, -0.25) is 10.1 Å². The topological polar surface area (TPSA) is 110 Å². The number of hydrogen-bond donors (Lipinski definition) is 4. The first-order chi connectivity index (χ1) is 10.5. The molecule has 3 heterocycles. The molecule has 4 N–H and O–H groups in total. The zero-order valence-corrected chi connectivity index (χ0v) is 14.2. The molecule has 2 amide bonds. The molecule has 0 saturated carbocycles. The molecule has 3 rings (SSSR count). The highest BCUT2D eigenvalue weighted by Gasteiger charge is 2.37. The van der Waals surface area contributed by atoms with Gasteiger partial charge in [-0.1, -0.05) is 12.2 Å². The van der Waals surface area contributed by atoms with E-state index in [-0.39, 0.29) is 17.9 Å². The minimum atomic E-state index is -1.20. The van der Waals surface area contributed by atoms with Crippen LogP contribution in [-0.2, 0) is 0 Å². The van der Waals surface area contributed by atoms with Gasteiger partial charge < -0.3 is 20.3 Å². The number of carbonyl (C=O) groups is 2. The van der Waals surface area contributed by atoms with Crippen molar-refractivity contribution in [2.75, 3.05) is 6.54 Å². The van der Waals surface area contributed by atoms with Gasteiger partial charge in [0, 0.05) is 6.54 Å². The normalized spacial score (nSPS) is 22.8. The van der Waals surface area contributed by atoms with Gasteiger partial charge in [0.2, 0.25) is 5.96 Å². The van der Waals surface area contributed by atoms with Crippen LogP contribution in [0.4, 0.5) is 4.79 Å². The van der Waals surface area contributed by atoms with E-state index in [4.69, 9.17) is 5.11 Å². The van der Waals surface area contributed by atoms with Crippen molar-refractivity contribution in [3.63, 3.8) is 0 Å². The van der Waals surface area contributed by atoms with Crippen LogP contribution in [0.15, 0.2) is 32.3 Å². The lowest BCUT2D eigenvalue weighted by molar-refractivity contribution is 0.0684. The smallest absolute Gasteiger partial charge is 0.411 e. The number of guanidine groups is 1. The number of aromatic amines is 1. The van der Waals surface area contributed by atoms with E-state index in [1.165, 1.54) is 0 Å². The molecule has 0 aromatic carbocycles. The molecule has 0 aliphatic carbocycles. The number of nitrogens with one attached hydrogen (secondary N) is 3. The van der Waals surface area contributed by atoms with Gasteiger partial charge in [0.15, 0.2) is 6.17 Å². The number of hydrogen-bond acceptors (Lipinski definition) is 4. The van der Waals surface area contributed by atoms with Gasteiger partial charge in [-0.05, 0) is 37.9 Å². The lowest BCUT2D eigenvalue weighted by atomic mass is 10.1. The molecule has 2 unspecified atom stereocenters. The standard InChI is InChI=1S/C12H11Br2N5O3/c13-5-4-7(15-8(5)14)10(20)19-3-1-2-6-9(19)17-11(16-6)18-12(21)22/h1-2,4,6,9,15H,3H2,(H,21,22)(H2,16,17,18). The highest BCUT2D eigenvalue weighted by molar-refractivity contribution is 9.13. The predicted octanol–water partition coefficient (Wildman–Crippen LogP) is 1.47. The van der Waals surface area contributed by atoms with Gasteiger partial charge in [0.1, 0.15) is 5.69 Å². The molecule has 2 aliphatic rings. The maximum Gasteiger partial charge on any atom is 0.411 e. The number of aliphatic imine (C=N–C) groups is 1. The summed E-state index contributed by atoms with van der Waals surface area (Å²) in [5.74, 6) is -0.0754. The van der Waals surface area contributed by atoms with Gasteiger partial charge in [0.25, 0.3) is 5.91 Å². The van der Waals surface area contributed by atoms with E-state index in [9.17, 15) is 9.59 Å². The van der Waals surface area contributed by atoms with E-state index in [2.05, 4.69) is 52.5 Å². The van der Waals surface area contributed by atoms with Gasteiger partial charge >= 0.3 is 6.09 Å². The maximum atomic E-state index is 12.6. The third-order valence-electron chi connectivity index (χ3n) is 3.29. The summed E-state index contributed by atoms with van der Waals surface area (Å²) in [5.41, 5.74) is 0.419. The van der Waals surface area contributed by atoms with Crippen LogP contribution in [0.2, 0.25) is 0 Å². The second kappa shape index (κ2) is 5.76. The molecule has 0 spiro atoms. The summed E-state index contributed by atoms with van der Waals surface area (Å²) < 4.78 is 1.43. The maximum absolute atomic E-state index is 12.6. The minimum absolute atomic E-state index is 0.140. The van der Waals surface area contributed by atoms with Crippen molar-refractivity contribution < 1.29 is 14.7 Å². The number of halogens is 2. The second-order valence-electron chi connectivity index (χ2n) is 4.72. The summed E-state index contributed by atoms with van der Waals surface area (Å²) in [6.07, 6.45) is 2.03. The number of amides is 2. The third-order valence-corrected chi connectivity index (χ3v) is 5.08. The molecule has 2 aliphatic heterocycles. The zero-order valence-electron chi connectivity index (χ0n) is 11.0. The van der Waals surface area contributed by atoms with Crippen LogP contribution < -0.4 is 10.6 Å². The number of H-pyrrole nitrogens is 1. The Kier molecular flexibility index (Phi) is 3.96. The van der Waals surface area contributed by atoms with E-state index in [1.54, 1.807) is 11.0 Å².